The van der Waals surface area contributed by atoms with Crippen LogP contribution < -0.4 is 5.32 Å². The maximum Gasteiger partial charge on any atom is 0.0289 e. The lowest BCUT2D eigenvalue weighted by atomic mass is 9.80. The van der Waals surface area contributed by atoms with Gasteiger partial charge in [-0.25, -0.2) is 0 Å². The molecule has 17 heavy (non-hydrogen) atoms. The van der Waals surface area contributed by atoms with Gasteiger partial charge < -0.3 is 5.32 Å². The largest absolute Gasteiger partial charge is 0.316 e. The Morgan fingerprint density at radius 1 is 1.35 bits per heavy atom. The molecular weight excluding hydrogens is 226 g/mol. The number of benzene rings is 1. The second-order valence-electron chi connectivity index (χ2n) is 5.40. The highest BCUT2D eigenvalue weighted by Gasteiger charge is 2.31. The molecule has 1 N–H and O–H groups in total. The van der Waals surface area contributed by atoms with E-state index < -0.39 is 0 Å². The van der Waals surface area contributed by atoms with Crippen molar-refractivity contribution >= 4 is 11.8 Å². The lowest BCUT2D eigenvalue weighted by Gasteiger charge is -2.32. The minimum absolute atomic E-state index is 0.692. The maximum absolute atomic E-state index is 3.56. The standard InChI is InChI=1S/C15H21NS/c1-16-13(9-11-5-4-6-11)15-10-12-7-2-3-8-14(12)17-15/h2-3,7-8,11,13,15-16H,4-6,9-10H2,1H3. The zero-order valence-electron chi connectivity index (χ0n) is 10.5. The van der Waals surface area contributed by atoms with Crippen molar-refractivity contribution < 1.29 is 0 Å². The number of rotatable bonds is 4. The van der Waals surface area contributed by atoms with Crippen LogP contribution in [0.15, 0.2) is 29.2 Å². The summed E-state index contributed by atoms with van der Waals surface area (Å²) in [5, 5.41) is 4.31. The van der Waals surface area contributed by atoms with Gasteiger partial charge in [0.2, 0.25) is 0 Å². The summed E-state index contributed by atoms with van der Waals surface area (Å²) in [7, 11) is 2.13. The number of nitrogens with one attached hydrogen (secondary N) is 1. The molecule has 0 radical (unpaired) electrons. The Morgan fingerprint density at radius 3 is 2.82 bits per heavy atom. The molecule has 3 rings (SSSR count). The van der Waals surface area contributed by atoms with Crippen LogP contribution in [0.3, 0.4) is 0 Å². The van der Waals surface area contributed by atoms with Crippen LogP contribution >= 0.6 is 11.8 Å². The van der Waals surface area contributed by atoms with Gasteiger partial charge in [-0.1, -0.05) is 37.5 Å². The second-order valence-corrected chi connectivity index (χ2v) is 6.68. The van der Waals surface area contributed by atoms with Gasteiger partial charge in [0, 0.05) is 16.2 Å². The van der Waals surface area contributed by atoms with Gasteiger partial charge in [0.25, 0.3) is 0 Å². The Labute approximate surface area is 108 Å². The summed E-state index contributed by atoms with van der Waals surface area (Å²) >= 11 is 2.08. The molecule has 1 aliphatic carbocycles. The Morgan fingerprint density at radius 2 is 2.18 bits per heavy atom. The molecule has 1 aliphatic heterocycles. The van der Waals surface area contributed by atoms with E-state index in [0.29, 0.717) is 6.04 Å². The average molecular weight is 247 g/mol. The molecule has 92 valence electrons. The molecule has 0 aromatic heterocycles. The zero-order valence-corrected chi connectivity index (χ0v) is 11.3. The van der Waals surface area contributed by atoms with Crippen molar-refractivity contribution in [3.05, 3.63) is 29.8 Å². The van der Waals surface area contributed by atoms with Gasteiger partial charge in [0.1, 0.15) is 0 Å². The van der Waals surface area contributed by atoms with E-state index in [9.17, 15) is 0 Å². The highest BCUT2D eigenvalue weighted by atomic mass is 32.2. The van der Waals surface area contributed by atoms with Gasteiger partial charge in [0.05, 0.1) is 0 Å². The first kappa shape index (κ1) is 11.6. The highest BCUT2D eigenvalue weighted by molar-refractivity contribution is 8.00. The van der Waals surface area contributed by atoms with Crippen molar-refractivity contribution in [1.82, 2.24) is 5.32 Å². The second kappa shape index (κ2) is 5.03. The molecule has 2 aliphatic rings. The van der Waals surface area contributed by atoms with Crippen LogP contribution in [0.25, 0.3) is 0 Å². The first-order valence-corrected chi connectivity index (χ1v) is 7.66. The van der Waals surface area contributed by atoms with Crippen LogP contribution in [0, 0.1) is 5.92 Å². The molecule has 1 fully saturated rings. The van der Waals surface area contributed by atoms with Crippen molar-refractivity contribution in [1.29, 1.82) is 0 Å². The van der Waals surface area contributed by atoms with E-state index in [1.807, 2.05) is 0 Å². The Hall–Kier alpha value is -0.470. The smallest absolute Gasteiger partial charge is 0.0289 e. The van der Waals surface area contributed by atoms with Crippen LogP contribution in [0.4, 0.5) is 0 Å². The molecule has 2 atom stereocenters. The van der Waals surface area contributed by atoms with Gasteiger partial charge in [0.15, 0.2) is 0 Å². The molecular formula is C15H21NS. The van der Waals surface area contributed by atoms with E-state index in [2.05, 4.69) is 48.4 Å². The number of fused-ring (bicyclic) bond motifs is 1. The summed E-state index contributed by atoms with van der Waals surface area (Å²) in [5.41, 5.74) is 1.55. The minimum atomic E-state index is 0.692. The first-order valence-electron chi connectivity index (χ1n) is 6.78. The fraction of sp³-hybridized carbons (Fsp3) is 0.600. The van der Waals surface area contributed by atoms with Crippen LogP contribution in [0.1, 0.15) is 31.2 Å². The number of hydrogen-bond donors (Lipinski definition) is 1. The van der Waals surface area contributed by atoms with Crippen LogP contribution in [-0.4, -0.2) is 18.3 Å². The van der Waals surface area contributed by atoms with Crippen LogP contribution in [0.5, 0.6) is 0 Å². The third-order valence-corrected chi connectivity index (χ3v) is 5.75. The molecule has 1 nitrogen and oxygen atoms in total. The number of hydrogen-bond acceptors (Lipinski definition) is 2. The van der Waals surface area contributed by atoms with Crippen molar-refractivity contribution in [2.24, 2.45) is 5.92 Å². The molecule has 0 saturated heterocycles. The molecule has 2 heteroatoms. The quantitative estimate of drug-likeness (QED) is 0.874. The maximum atomic E-state index is 3.56. The van der Waals surface area contributed by atoms with Gasteiger partial charge in [-0.05, 0) is 37.4 Å². The fourth-order valence-electron chi connectivity index (χ4n) is 2.98. The molecule has 1 heterocycles. The Bertz CT molecular complexity index is 361. The summed E-state index contributed by atoms with van der Waals surface area (Å²) in [6.07, 6.45) is 7.01. The monoisotopic (exact) mass is 247 g/mol. The summed E-state index contributed by atoms with van der Waals surface area (Å²) in [6, 6.07) is 9.59. The van der Waals surface area contributed by atoms with Gasteiger partial charge in [-0.2, -0.15) is 0 Å². The SMILES string of the molecule is CNC(CC1CCC1)C1Cc2ccccc2S1. The molecule has 0 bridgehead atoms. The van der Waals surface area contributed by atoms with Gasteiger partial charge in [-0.15, -0.1) is 11.8 Å². The predicted molar refractivity (Wildman–Crippen MR) is 74.6 cm³/mol. The van der Waals surface area contributed by atoms with E-state index in [1.54, 1.807) is 5.56 Å². The highest BCUT2D eigenvalue weighted by Crippen LogP contribution is 2.41. The lowest BCUT2D eigenvalue weighted by molar-refractivity contribution is 0.262. The van der Waals surface area contributed by atoms with Crippen molar-refractivity contribution in [3.8, 4) is 0 Å². The lowest BCUT2D eigenvalue weighted by Crippen LogP contribution is -2.38. The molecule has 0 amide bonds. The summed E-state index contributed by atoms with van der Waals surface area (Å²) < 4.78 is 0. The minimum Gasteiger partial charge on any atom is -0.316 e. The Balaban J connectivity index is 1.65. The molecule has 0 spiro atoms. The third-order valence-electron chi connectivity index (χ3n) is 4.30. The average Bonchev–Trinajstić information content (AvgIpc) is 2.71. The van der Waals surface area contributed by atoms with Gasteiger partial charge >= 0.3 is 0 Å². The zero-order chi connectivity index (χ0) is 11.7. The summed E-state index contributed by atoms with van der Waals surface area (Å²) in [5.74, 6) is 0.997. The molecule has 1 saturated carbocycles. The van der Waals surface area contributed by atoms with Gasteiger partial charge in [-0.3, -0.25) is 0 Å². The van der Waals surface area contributed by atoms with Crippen molar-refractivity contribution in [2.75, 3.05) is 7.05 Å². The number of thioether (sulfide) groups is 1. The van der Waals surface area contributed by atoms with Crippen LogP contribution in [-0.2, 0) is 6.42 Å². The van der Waals surface area contributed by atoms with Crippen molar-refractivity contribution in [3.63, 3.8) is 0 Å². The summed E-state index contributed by atoms with van der Waals surface area (Å²) in [4.78, 5) is 1.51. The van der Waals surface area contributed by atoms with E-state index in [4.69, 9.17) is 0 Å². The van der Waals surface area contributed by atoms with Crippen LogP contribution in [0.2, 0.25) is 0 Å². The first-order chi connectivity index (χ1) is 8.36. The van der Waals surface area contributed by atoms with E-state index in [0.717, 1.165) is 11.2 Å². The molecule has 1 aromatic carbocycles. The fourth-order valence-corrected chi connectivity index (χ4v) is 4.44. The van der Waals surface area contributed by atoms with E-state index in [1.165, 1.54) is 37.0 Å². The van der Waals surface area contributed by atoms with Crippen molar-refractivity contribution in [2.45, 2.75) is 48.3 Å². The topological polar surface area (TPSA) is 12.0 Å². The molecule has 2 unspecified atom stereocenters. The van der Waals surface area contributed by atoms with E-state index >= 15 is 0 Å². The predicted octanol–water partition coefficient (Wildman–Crippen LogP) is 3.48. The summed E-state index contributed by atoms with van der Waals surface area (Å²) in [6.45, 7) is 0. The normalized spacial score (nSPS) is 25.4. The van der Waals surface area contributed by atoms with E-state index in [-0.39, 0.29) is 0 Å². The molecule has 1 aromatic rings. The third kappa shape index (κ3) is 2.38. The Kier molecular flexibility index (Phi) is 3.44.